The molecule has 4 N–H and O–H groups in total. The molecule has 2 rings (SSSR count). The topological polar surface area (TPSA) is 116 Å². The van der Waals surface area contributed by atoms with Crippen LogP contribution in [-0.2, 0) is 6.54 Å². The Morgan fingerprint density at radius 1 is 1.50 bits per heavy atom. The molecule has 0 saturated heterocycles. The number of anilines is 2. The maximum absolute atomic E-state index is 8.88. The fraction of sp³-hybridized carbons (Fsp3) is 0.111. The Morgan fingerprint density at radius 2 is 2.38 bits per heavy atom. The molecule has 2 aromatic heterocycles. The lowest BCUT2D eigenvalue weighted by Crippen LogP contribution is -2.05. The summed E-state index contributed by atoms with van der Waals surface area (Å²) in [7, 11) is 0. The van der Waals surface area contributed by atoms with Crippen LogP contribution in [0.3, 0.4) is 0 Å². The number of aromatic amines is 1. The van der Waals surface area contributed by atoms with Gasteiger partial charge in [-0.1, -0.05) is 0 Å². The lowest BCUT2D eigenvalue weighted by atomic mass is 10.2. The number of nitrogens with zero attached hydrogens (tertiary/aromatic N) is 4. The molecule has 80 valence electrons. The van der Waals surface area contributed by atoms with Gasteiger partial charge < -0.3 is 11.1 Å². The molecule has 2 aromatic rings. The lowest BCUT2D eigenvalue weighted by Gasteiger charge is -2.05. The predicted octanol–water partition coefficient (Wildman–Crippen LogP) is 0.266. The van der Waals surface area contributed by atoms with Gasteiger partial charge in [0, 0.05) is 0 Å². The van der Waals surface area contributed by atoms with Crippen molar-refractivity contribution >= 4 is 11.5 Å². The highest BCUT2D eigenvalue weighted by Crippen LogP contribution is 2.14. The van der Waals surface area contributed by atoms with Crippen LogP contribution in [0.1, 0.15) is 11.4 Å². The van der Waals surface area contributed by atoms with E-state index in [9.17, 15) is 0 Å². The molecule has 0 atom stereocenters. The molecule has 0 amide bonds. The van der Waals surface area contributed by atoms with Crippen LogP contribution in [0.5, 0.6) is 0 Å². The van der Waals surface area contributed by atoms with E-state index in [1.807, 2.05) is 6.07 Å². The summed E-state index contributed by atoms with van der Waals surface area (Å²) in [4.78, 5) is 7.97. The Kier molecular flexibility index (Phi) is 2.65. The molecule has 0 spiro atoms. The molecular formula is C9H9N7. The Morgan fingerprint density at radius 3 is 3.06 bits per heavy atom. The first kappa shape index (κ1) is 9.92. The molecule has 0 unspecified atom stereocenters. The van der Waals surface area contributed by atoms with Crippen molar-refractivity contribution in [1.82, 2.24) is 20.2 Å². The second-order valence-corrected chi connectivity index (χ2v) is 3.06. The SMILES string of the molecule is N#Cc1cc(N)cnc1NCc1ncn[nH]1. The first-order valence-corrected chi connectivity index (χ1v) is 4.53. The minimum absolute atomic E-state index is 0.402. The lowest BCUT2D eigenvalue weighted by molar-refractivity contribution is 0.947. The Bertz CT molecular complexity index is 511. The quantitative estimate of drug-likeness (QED) is 0.676. The van der Waals surface area contributed by atoms with Crippen LogP contribution in [0.25, 0.3) is 0 Å². The molecule has 0 aliphatic heterocycles. The van der Waals surface area contributed by atoms with Gasteiger partial charge in [-0.25, -0.2) is 9.97 Å². The third-order valence-corrected chi connectivity index (χ3v) is 1.92. The Labute approximate surface area is 91.3 Å². The number of H-pyrrole nitrogens is 1. The molecule has 0 saturated carbocycles. The molecule has 7 heteroatoms. The van der Waals surface area contributed by atoms with Crippen molar-refractivity contribution in [3.05, 3.63) is 30.0 Å². The maximum Gasteiger partial charge on any atom is 0.144 e. The highest BCUT2D eigenvalue weighted by molar-refractivity contribution is 5.57. The van der Waals surface area contributed by atoms with E-state index in [1.54, 1.807) is 6.07 Å². The number of rotatable bonds is 3. The zero-order valence-electron chi connectivity index (χ0n) is 8.31. The molecule has 7 nitrogen and oxygen atoms in total. The Balaban J connectivity index is 2.13. The van der Waals surface area contributed by atoms with Crippen molar-refractivity contribution in [2.45, 2.75) is 6.54 Å². The number of nitrogens with one attached hydrogen (secondary N) is 2. The van der Waals surface area contributed by atoms with Gasteiger partial charge in [-0.2, -0.15) is 10.4 Å². The summed E-state index contributed by atoms with van der Waals surface area (Å²) >= 11 is 0. The molecule has 0 aliphatic rings. The average Bonchev–Trinajstić information content (AvgIpc) is 2.80. The van der Waals surface area contributed by atoms with E-state index in [4.69, 9.17) is 11.0 Å². The fourth-order valence-electron chi connectivity index (χ4n) is 1.19. The third kappa shape index (κ3) is 2.06. The zero-order chi connectivity index (χ0) is 11.4. The van der Waals surface area contributed by atoms with Crippen molar-refractivity contribution in [3.63, 3.8) is 0 Å². The number of nitrogens with two attached hydrogens (primary N) is 1. The summed E-state index contributed by atoms with van der Waals surface area (Å²) in [6.07, 6.45) is 2.90. The average molecular weight is 215 g/mol. The number of aromatic nitrogens is 4. The highest BCUT2D eigenvalue weighted by Gasteiger charge is 2.04. The highest BCUT2D eigenvalue weighted by atomic mass is 15.2. The van der Waals surface area contributed by atoms with Crippen LogP contribution in [0, 0.1) is 11.3 Å². The maximum atomic E-state index is 8.88. The minimum atomic E-state index is 0.402. The molecule has 2 heterocycles. The summed E-state index contributed by atoms with van der Waals surface area (Å²) in [5.41, 5.74) is 6.39. The number of hydrogen-bond donors (Lipinski definition) is 3. The number of nitrogen functional groups attached to an aromatic ring is 1. The van der Waals surface area contributed by atoms with E-state index in [2.05, 4.69) is 25.5 Å². The van der Waals surface area contributed by atoms with E-state index >= 15 is 0 Å². The normalized spacial score (nSPS) is 9.69. The van der Waals surface area contributed by atoms with Crippen molar-refractivity contribution in [2.75, 3.05) is 11.1 Å². The molecule has 0 fully saturated rings. The van der Waals surface area contributed by atoms with E-state index in [0.29, 0.717) is 29.4 Å². The number of pyridine rings is 1. The molecule has 0 radical (unpaired) electrons. The third-order valence-electron chi connectivity index (χ3n) is 1.92. The van der Waals surface area contributed by atoms with Gasteiger partial charge in [-0.3, -0.25) is 5.10 Å². The van der Waals surface area contributed by atoms with E-state index in [1.165, 1.54) is 12.5 Å². The standard InChI is InChI=1S/C9H9N7/c10-2-6-1-7(11)3-12-9(6)13-4-8-14-5-15-16-8/h1,3,5H,4,11H2,(H,12,13)(H,14,15,16). The van der Waals surface area contributed by atoms with Crippen LogP contribution < -0.4 is 11.1 Å². The molecule has 0 aromatic carbocycles. The van der Waals surface area contributed by atoms with E-state index in [0.717, 1.165) is 0 Å². The molecule has 16 heavy (non-hydrogen) atoms. The fourth-order valence-corrected chi connectivity index (χ4v) is 1.19. The zero-order valence-corrected chi connectivity index (χ0v) is 8.31. The summed E-state index contributed by atoms with van der Waals surface area (Å²) in [5, 5.41) is 18.3. The van der Waals surface area contributed by atoms with Gasteiger partial charge >= 0.3 is 0 Å². The molecular weight excluding hydrogens is 206 g/mol. The van der Waals surface area contributed by atoms with Gasteiger partial charge in [-0.15, -0.1) is 0 Å². The molecule has 0 bridgehead atoms. The van der Waals surface area contributed by atoms with Gasteiger partial charge in [-0.05, 0) is 6.07 Å². The van der Waals surface area contributed by atoms with E-state index in [-0.39, 0.29) is 0 Å². The van der Waals surface area contributed by atoms with Crippen molar-refractivity contribution in [3.8, 4) is 6.07 Å². The second-order valence-electron chi connectivity index (χ2n) is 3.06. The van der Waals surface area contributed by atoms with Crippen LogP contribution in [0.4, 0.5) is 11.5 Å². The smallest absolute Gasteiger partial charge is 0.144 e. The van der Waals surface area contributed by atoms with Gasteiger partial charge in [0.15, 0.2) is 0 Å². The van der Waals surface area contributed by atoms with Gasteiger partial charge in [0.25, 0.3) is 0 Å². The van der Waals surface area contributed by atoms with Gasteiger partial charge in [0.1, 0.15) is 24.0 Å². The van der Waals surface area contributed by atoms with Crippen LogP contribution in [0.2, 0.25) is 0 Å². The van der Waals surface area contributed by atoms with Crippen molar-refractivity contribution < 1.29 is 0 Å². The van der Waals surface area contributed by atoms with Gasteiger partial charge in [0.2, 0.25) is 0 Å². The predicted molar refractivity (Wildman–Crippen MR) is 57.1 cm³/mol. The minimum Gasteiger partial charge on any atom is -0.397 e. The summed E-state index contributed by atoms with van der Waals surface area (Å²) < 4.78 is 0. The van der Waals surface area contributed by atoms with Crippen molar-refractivity contribution in [1.29, 1.82) is 5.26 Å². The summed E-state index contributed by atoms with van der Waals surface area (Å²) in [6, 6.07) is 3.58. The number of hydrogen-bond acceptors (Lipinski definition) is 6. The summed E-state index contributed by atoms with van der Waals surface area (Å²) in [6.45, 7) is 0.422. The van der Waals surface area contributed by atoms with Crippen LogP contribution in [0.15, 0.2) is 18.6 Å². The molecule has 0 aliphatic carbocycles. The first-order valence-electron chi connectivity index (χ1n) is 4.53. The summed E-state index contributed by atoms with van der Waals surface area (Å²) in [5.74, 6) is 1.15. The largest absolute Gasteiger partial charge is 0.397 e. The van der Waals surface area contributed by atoms with Gasteiger partial charge in [0.05, 0.1) is 24.0 Å². The van der Waals surface area contributed by atoms with Crippen LogP contribution >= 0.6 is 0 Å². The second kappa shape index (κ2) is 4.27. The van der Waals surface area contributed by atoms with Crippen LogP contribution in [-0.4, -0.2) is 20.2 Å². The monoisotopic (exact) mass is 215 g/mol. The number of nitriles is 1. The van der Waals surface area contributed by atoms with Crippen molar-refractivity contribution in [2.24, 2.45) is 0 Å². The van der Waals surface area contributed by atoms with E-state index < -0.39 is 0 Å². The Hall–Kier alpha value is -2.62. The first-order chi connectivity index (χ1) is 7.79.